The van der Waals surface area contributed by atoms with Gasteiger partial charge in [-0.05, 0) is 42.3 Å². The molecule has 0 atom stereocenters. The molecule has 0 aliphatic heterocycles. The molecule has 0 aliphatic carbocycles. The van der Waals surface area contributed by atoms with E-state index in [-0.39, 0.29) is 0 Å². The van der Waals surface area contributed by atoms with Crippen LogP contribution in [0.1, 0.15) is 22.8 Å². The van der Waals surface area contributed by atoms with Crippen molar-refractivity contribution >= 4 is 6.29 Å². The van der Waals surface area contributed by atoms with Gasteiger partial charge >= 0.3 is 0 Å². The molecule has 0 saturated carbocycles. The van der Waals surface area contributed by atoms with Gasteiger partial charge < -0.3 is 9.47 Å². The number of benzene rings is 2. The summed E-state index contributed by atoms with van der Waals surface area (Å²) in [6, 6.07) is 19.0. The lowest BCUT2D eigenvalue weighted by Crippen LogP contribution is -1.97. The summed E-state index contributed by atoms with van der Waals surface area (Å²) in [6.45, 7) is 2.96. The summed E-state index contributed by atoms with van der Waals surface area (Å²) in [5, 5.41) is 0. The number of ether oxygens (including phenoxy) is 2. The third-order valence-corrected chi connectivity index (χ3v) is 3.74. The summed E-state index contributed by atoms with van der Waals surface area (Å²) in [6.07, 6.45) is 2.54. The van der Waals surface area contributed by atoms with Crippen LogP contribution >= 0.6 is 0 Å². The minimum absolute atomic E-state index is 0.465. The van der Waals surface area contributed by atoms with Crippen molar-refractivity contribution in [3.05, 3.63) is 78.0 Å². The van der Waals surface area contributed by atoms with E-state index in [0.717, 1.165) is 28.7 Å². The van der Waals surface area contributed by atoms with Crippen LogP contribution in [0.5, 0.6) is 11.6 Å². The molecule has 0 radical (unpaired) electrons. The van der Waals surface area contributed by atoms with Crippen molar-refractivity contribution in [2.24, 2.45) is 0 Å². The standard InChI is InChI=1S/C21H19NO3/c1-2-24-19-10-8-18(14-23)20(12-19)17-9-11-21(22-13-17)25-15-16-6-4-3-5-7-16/h3-14H,2,15H2,1H3. The van der Waals surface area contributed by atoms with Crippen molar-refractivity contribution in [3.8, 4) is 22.8 Å². The molecule has 0 unspecified atom stereocenters. The number of rotatable bonds is 7. The lowest BCUT2D eigenvalue weighted by molar-refractivity contribution is 0.112. The second kappa shape index (κ2) is 8.11. The number of hydrogen-bond donors (Lipinski definition) is 0. The smallest absolute Gasteiger partial charge is 0.213 e. The second-order valence-corrected chi connectivity index (χ2v) is 5.46. The van der Waals surface area contributed by atoms with Gasteiger partial charge in [0.15, 0.2) is 6.29 Å². The Labute approximate surface area is 147 Å². The second-order valence-electron chi connectivity index (χ2n) is 5.46. The predicted octanol–water partition coefficient (Wildman–Crippen LogP) is 4.54. The van der Waals surface area contributed by atoms with E-state index in [1.165, 1.54) is 0 Å². The van der Waals surface area contributed by atoms with Crippen LogP contribution in [0.15, 0.2) is 66.9 Å². The minimum Gasteiger partial charge on any atom is -0.494 e. The zero-order valence-electron chi connectivity index (χ0n) is 14.0. The lowest BCUT2D eigenvalue weighted by atomic mass is 10.0. The summed E-state index contributed by atoms with van der Waals surface area (Å²) >= 11 is 0. The van der Waals surface area contributed by atoms with Crippen LogP contribution in [0, 0.1) is 0 Å². The monoisotopic (exact) mass is 333 g/mol. The molecular weight excluding hydrogens is 314 g/mol. The SMILES string of the molecule is CCOc1ccc(C=O)c(-c2ccc(OCc3ccccc3)nc2)c1. The number of aldehydes is 1. The number of hydrogen-bond acceptors (Lipinski definition) is 4. The Hall–Kier alpha value is -3.14. The molecule has 4 nitrogen and oxygen atoms in total. The molecule has 0 fully saturated rings. The fraction of sp³-hybridized carbons (Fsp3) is 0.143. The first-order valence-corrected chi connectivity index (χ1v) is 8.15. The summed E-state index contributed by atoms with van der Waals surface area (Å²) in [5.41, 5.74) is 3.32. The molecule has 0 saturated heterocycles. The maximum Gasteiger partial charge on any atom is 0.213 e. The van der Waals surface area contributed by atoms with E-state index in [2.05, 4.69) is 4.98 Å². The topological polar surface area (TPSA) is 48.4 Å². The Kier molecular flexibility index (Phi) is 5.42. The lowest BCUT2D eigenvalue weighted by Gasteiger charge is -2.10. The highest BCUT2D eigenvalue weighted by Crippen LogP contribution is 2.28. The van der Waals surface area contributed by atoms with Crippen LogP contribution in [0.4, 0.5) is 0 Å². The Bertz CT molecular complexity index is 830. The maximum absolute atomic E-state index is 11.3. The first kappa shape index (κ1) is 16.7. The van der Waals surface area contributed by atoms with Crippen molar-refractivity contribution in [2.75, 3.05) is 6.61 Å². The summed E-state index contributed by atoms with van der Waals surface area (Å²) in [7, 11) is 0. The average Bonchev–Trinajstić information content (AvgIpc) is 2.68. The van der Waals surface area contributed by atoms with Gasteiger partial charge in [-0.25, -0.2) is 4.98 Å². The molecule has 0 amide bonds. The summed E-state index contributed by atoms with van der Waals surface area (Å²) in [5.74, 6) is 1.27. The molecular formula is C21H19NO3. The van der Waals surface area contributed by atoms with E-state index in [0.29, 0.717) is 24.7 Å². The van der Waals surface area contributed by atoms with Crippen molar-refractivity contribution in [2.45, 2.75) is 13.5 Å². The van der Waals surface area contributed by atoms with Crippen molar-refractivity contribution in [3.63, 3.8) is 0 Å². The molecule has 0 spiro atoms. The first-order valence-electron chi connectivity index (χ1n) is 8.15. The third kappa shape index (κ3) is 4.23. The van der Waals surface area contributed by atoms with Gasteiger partial charge in [0.2, 0.25) is 5.88 Å². The zero-order valence-corrected chi connectivity index (χ0v) is 14.0. The van der Waals surface area contributed by atoms with Crippen LogP contribution < -0.4 is 9.47 Å². The zero-order chi connectivity index (χ0) is 17.5. The highest BCUT2D eigenvalue weighted by molar-refractivity contribution is 5.88. The highest BCUT2D eigenvalue weighted by atomic mass is 16.5. The molecule has 0 aliphatic rings. The number of carbonyl (C=O) groups is 1. The van der Waals surface area contributed by atoms with E-state index >= 15 is 0 Å². The van der Waals surface area contributed by atoms with Crippen LogP contribution in [-0.2, 0) is 6.61 Å². The Morgan fingerprint density at radius 3 is 2.52 bits per heavy atom. The first-order chi connectivity index (χ1) is 12.3. The van der Waals surface area contributed by atoms with Gasteiger partial charge in [0.05, 0.1) is 6.61 Å². The van der Waals surface area contributed by atoms with Gasteiger partial charge in [-0.3, -0.25) is 4.79 Å². The van der Waals surface area contributed by atoms with Gasteiger partial charge in [0.25, 0.3) is 0 Å². The molecule has 3 rings (SSSR count). The number of pyridine rings is 1. The van der Waals surface area contributed by atoms with Crippen LogP contribution in [0.2, 0.25) is 0 Å². The predicted molar refractivity (Wildman–Crippen MR) is 97.0 cm³/mol. The third-order valence-electron chi connectivity index (χ3n) is 3.74. The van der Waals surface area contributed by atoms with Crippen LogP contribution in [-0.4, -0.2) is 17.9 Å². The number of carbonyl (C=O) groups excluding carboxylic acids is 1. The van der Waals surface area contributed by atoms with Gasteiger partial charge in [-0.15, -0.1) is 0 Å². The molecule has 1 aromatic heterocycles. The normalized spacial score (nSPS) is 10.3. The molecule has 0 bridgehead atoms. The van der Waals surface area contributed by atoms with Gasteiger partial charge in [0, 0.05) is 23.4 Å². The van der Waals surface area contributed by atoms with Gasteiger partial charge in [-0.2, -0.15) is 0 Å². The summed E-state index contributed by atoms with van der Waals surface area (Å²) < 4.78 is 11.2. The molecule has 3 aromatic rings. The number of nitrogens with zero attached hydrogens (tertiary/aromatic N) is 1. The van der Waals surface area contributed by atoms with E-state index in [1.54, 1.807) is 24.4 Å². The largest absolute Gasteiger partial charge is 0.494 e. The van der Waals surface area contributed by atoms with Crippen molar-refractivity contribution in [1.82, 2.24) is 4.98 Å². The van der Waals surface area contributed by atoms with E-state index in [9.17, 15) is 4.79 Å². The van der Waals surface area contributed by atoms with Crippen molar-refractivity contribution < 1.29 is 14.3 Å². The molecule has 2 aromatic carbocycles. The Morgan fingerprint density at radius 2 is 1.84 bits per heavy atom. The molecule has 4 heteroatoms. The molecule has 126 valence electrons. The fourth-order valence-corrected chi connectivity index (χ4v) is 2.50. The molecule has 0 N–H and O–H groups in total. The Balaban J connectivity index is 1.77. The van der Waals surface area contributed by atoms with E-state index < -0.39 is 0 Å². The fourth-order valence-electron chi connectivity index (χ4n) is 2.50. The van der Waals surface area contributed by atoms with Crippen molar-refractivity contribution in [1.29, 1.82) is 0 Å². The van der Waals surface area contributed by atoms with Gasteiger partial charge in [0.1, 0.15) is 12.4 Å². The van der Waals surface area contributed by atoms with E-state index in [1.807, 2.05) is 49.4 Å². The summed E-state index contributed by atoms with van der Waals surface area (Å²) in [4.78, 5) is 15.7. The quantitative estimate of drug-likeness (QED) is 0.596. The Morgan fingerprint density at radius 1 is 1.00 bits per heavy atom. The minimum atomic E-state index is 0.465. The van der Waals surface area contributed by atoms with Crippen LogP contribution in [0.3, 0.4) is 0 Å². The maximum atomic E-state index is 11.3. The molecule has 1 heterocycles. The number of aromatic nitrogens is 1. The molecule has 25 heavy (non-hydrogen) atoms. The van der Waals surface area contributed by atoms with Gasteiger partial charge in [-0.1, -0.05) is 30.3 Å². The van der Waals surface area contributed by atoms with E-state index in [4.69, 9.17) is 9.47 Å². The average molecular weight is 333 g/mol. The van der Waals surface area contributed by atoms with Crippen LogP contribution in [0.25, 0.3) is 11.1 Å². The highest BCUT2D eigenvalue weighted by Gasteiger charge is 2.08.